The van der Waals surface area contributed by atoms with Crippen LogP contribution in [-0.4, -0.2) is 16.8 Å². The number of anilines is 2. The molecule has 11 heteroatoms. The highest BCUT2D eigenvalue weighted by Crippen LogP contribution is 2.39. The summed E-state index contributed by atoms with van der Waals surface area (Å²) in [6.07, 6.45) is 0. The van der Waals surface area contributed by atoms with Gasteiger partial charge in [-0.15, -0.1) is 0 Å². The molecule has 0 radical (unpaired) electrons. The van der Waals surface area contributed by atoms with Gasteiger partial charge in [0.05, 0.1) is 21.2 Å². The molecule has 4 rings (SSSR count). The first-order chi connectivity index (χ1) is 15.6. The molecule has 0 saturated heterocycles. The van der Waals surface area contributed by atoms with Gasteiger partial charge in [-0.2, -0.15) is 0 Å². The molecule has 0 aliphatic rings. The molecule has 170 valence electrons. The second-order valence-electron chi connectivity index (χ2n) is 6.95. The maximum Gasteiger partial charge on any atom is 0.261 e. The van der Waals surface area contributed by atoms with Crippen LogP contribution in [0.2, 0.25) is 10.0 Å². The van der Waals surface area contributed by atoms with E-state index in [-0.39, 0.29) is 21.2 Å². The maximum atomic E-state index is 12.9. The summed E-state index contributed by atoms with van der Waals surface area (Å²) in [5.41, 5.74) is 0.553. The average molecular weight is 586 g/mol. The zero-order valence-corrected chi connectivity index (χ0v) is 21.3. The fourth-order valence-corrected chi connectivity index (χ4v) is 6.25. The second kappa shape index (κ2) is 9.15. The Labute approximate surface area is 209 Å². The third kappa shape index (κ3) is 5.12. The van der Waals surface area contributed by atoms with Crippen molar-refractivity contribution in [2.24, 2.45) is 0 Å². The number of sulfonamides is 2. The summed E-state index contributed by atoms with van der Waals surface area (Å²) in [6.45, 7) is 0. The highest BCUT2D eigenvalue weighted by molar-refractivity contribution is 9.10. The molecule has 0 saturated carbocycles. The molecule has 0 aliphatic carbocycles. The zero-order valence-electron chi connectivity index (χ0n) is 16.6. The SMILES string of the molecule is O=S(=O)(Nc1cc(Br)c(NS(=O)(=O)c2ccc(Cl)cc2)c2ccccc12)c1ccc(Cl)cc1. The molecule has 0 bridgehead atoms. The first-order valence-corrected chi connectivity index (χ1v) is 13.9. The molecule has 4 aromatic carbocycles. The minimum Gasteiger partial charge on any atom is -0.279 e. The van der Waals surface area contributed by atoms with Crippen LogP contribution in [0.5, 0.6) is 0 Å². The Kier molecular flexibility index (Phi) is 6.61. The largest absolute Gasteiger partial charge is 0.279 e. The fraction of sp³-hybridized carbons (Fsp3) is 0. The molecule has 4 aromatic rings. The highest BCUT2D eigenvalue weighted by Gasteiger charge is 2.21. The molecule has 0 fully saturated rings. The normalized spacial score (nSPS) is 12.0. The number of rotatable bonds is 6. The van der Waals surface area contributed by atoms with Gasteiger partial charge in [-0.1, -0.05) is 47.5 Å². The zero-order chi connectivity index (χ0) is 23.8. The number of fused-ring (bicyclic) bond motifs is 1. The van der Waals surface area contributed by atoms with Crippen LogP contribution in [0.3, 0.4) is 0 Å². The van der Waals surface area contributed by atoms with Gasteiger partial charge in [-0.05, 0) is 70.5 Å². The van der Waals surface area contributed by atoms with E-state index in [2.05, 4.69) is 25.4 Å². The molecular weight excluding hydrogens is 571 g/mol. The van der Waals surface area contributed by atoms with E-state index in [4.69, 9.17) is 23.2 Å². The van der Waals surface area contributed by atoms with Crippen molar-refractivity contribution in [2.75, 3.05) is 9.44 Å². The number of halogens is 3. The van der Waals surface area contributed by atoms with E-state index in [1.807, 2.05) is 0 Å². The van der Waals surface area contributed by atoms with Crippen LogP contribution in [0.25, 0.3) is 10.8 Å². The minimum absolute atomic E-state index is 0.0374. The molecule has 6 nitrogen and oxygen atoms in total. The number of hydrogen-bond acceptors (Lipinski definition) is 4. The smallest absolute Gasteiger partial charge is 0.261 e. The first kappa shape index (κ1) is 23.8. The summed E-state index contributed by atoms with van der Waals surface area (Å²) >= 11 is 15.1. The molecule has 2 N–H and O–H groups in total. The van der Waals surface area contributed by atoms with E-state index in [1.54, 1.807) is 24.3 Å². The van der Waals surface area contributed by atoms with Crippen LogP contribution in [0, 0.1) is 0 Å². The van der Waals surface area contributed by atoms with Crippen molar-refractivity contribution >= 4 is 81.3 Å². The first-order valence-electron chi connectivity index (χ1n) is 9.35. The molecule has 0 aromatic heterocycles. The molecule has 0 unspecified atom stereocenters. The Bertz CT molecular complexity index is 1560. The third-order valence-electron chi connectivity index (χ3n) is 4.73. The van der Waals surface area contributed by atoms with Gasteiger partial charge in [0.15, 0.2) is 0 Å². The lowest BCUT2D eigenvalue weighted by Crippen LogP contribution is -2.15. The van der Waals surface area contributed by atoms with Crippen LogP contribution in [-0.2, 0) is 20.0 Å². The Morgan fingerprint density at radius 1 is 0.636 bits per heavy atom. The predicted molar refractivity (Wildman–Crippen MR) is 136 cm³/mol. The van der Waals surface area contributed by atoms with Crippen molar-refractivity contribution in [3.8, 4) is 0 Å². The third-order valence-corrected chi connectivity index (χ3v) is 8.60. The van der Waals surface area contributed by atoms with Crippen LogP contribution < -0.4 is 9.44 Å². The summed E-state index contributed by atoms with van der Waals surface area (Å²) in [5.74, 6) is 0. The predicted octanol–water partition coefficient (Wildman–Crippen LogP) is 6.51. The van der Waals surface area contributed by atoms with Crippen molar-refractivity contribution in [3.05, 3.63) is 93.4 Å². The summed E-state index contributed by atoms with van der Waals surface area (Å²) in [6, 6.07) is 19.9. The summed E-state index contributed by atoms with van der Waals surface area (Å²) < 4.78 is 57.2. The van der Waals surface area contributed by atoms with Crippen LogP contribution in [0.4, 0.5) is 11.4 Å². The molecule has 0 heterocycles. The number of benzene rings is 4. The second-order valence-corrected chi connectivity index (χ2v) is 12.0. The van der Waals surface area contributed by atoms with E-state index < -0.39 is 20.0 Å². The quantitative estimate of drug-likeness (QED) is 0.270. The molecule has 0 amide bonds. The lowest BCUT2D eigenvalue weighted by Gasteiger charge is -2.17. The van der Waals surface area contributed by atoms with E-state index in [1.165, 1.54) is 54.6 Å². The van der Waals surface area contributed by atoms with Crippen molar-refractivity contribution in [3.63, 3.8) is 0 Å². The lowest BCUT2D eigenvalue weighted by atomic mass is 10.1. The summed E-state index contributed by atoms with van der Waals surface area (Å²) in [7, 11) is -7.84. The average Bonchev–Trinajstić information content (AvgIpc) is 2.77. The van der Waals surface area contributed by atoms with Gasteiger partial charge >= 0.3 is 0 Å². The minimum atomic E-state index is -3.93. The Hall–Kier alpha value is -2.30. The van der Waals surface area contributed by atoms with Crippen molar-refractivity contribution in [1.82, 2.24) is 0 Å². The van der Waals surface area contributed by atoms with E-state index in [9.17, 15) is 16.8 Å². The fourth-order valence-electron chi connectivity index (χ4n) is 3.15. The lowest BCUT2D eigenvalue weighted by molar-refractivity contribution is 0.599. The summed E-state index contributed by atoms with van der Waals surface area (Å²) in [4.78, 5) is 0.0787. The Morgan fingerprint density at radius 3 is 1.61 bits per heavy atom. The van der Waals surface area contributed by atoms with Crippen LogP contribution in [0.1, 0.15) is 0 Å². The van der Waals surface area contributed by atoms with E-state index in [0.29, 0.717) is 25.3 Å². The van der Waals surface area contributed by atoms with Gasteiger partial charge in [0.2, 0.25) is 0 Å². The molecule has 0 aliphatic heterocycles. The van der Waals surface area contributed by atoms with Gasteiger partial charge in [0.1, 0.15) is 0 Å². The molecular formula is C22H15BrCl2N2O4S2. The van der Waals surface area contributed by atoms with Gasteiger partial charge in [-0.3, -0.25) is 9.44 Å². The topological polar surface area (TPSA) is 92.3 Å². The molecule has 33 heavy (non-hydrogen) atoms. The van der Waals surface area contributed by atoms with Gasteiger partial charge in [-0.25, -0.2) is 16.8 Å². The van der Waals surface area contributed by atoms with Gasteiger partial charge in [0, 0.05) is 25.3 Å². The Balaban J connectivity index is 1.77. The maximum absolute atomic E-state index is 12.9. The number of nitrogens with one attached hydrogen (secondary N) is 2. The molecule has 0 spiro atoms. The van der Waals surface area contributed by atoms with Crippen molar-refractivity contribution in [1.29, 1.82) is 0 Å². The van der Waals surface area contributed by atoms with Crippen LogP contribution >= 0.6 is 39.1 Å². The summed E-state index contributed by atoms with van der Waals surface area (Å²) in [5, 5.41) is 1.84. The molecule has 0 atom stereocenters. The van der Waals surface area contributed by atoms with Crippen LogP contribution in [0.15, 0.2) is 93.1 Å². The van der Waals surface area contributed by atoms with E-state index >= 15 is 0 Å². The van der Waals surface area contributed by atoms with Gasteiger partial charge < -0.3 is 0 Å². The van der Waals surface area contributed by atoms with E-state index in [0.717, 1.165) is 0 Å². The number of hydrogen-bond donors (Lipinski definition) is 2. The van der Waals surface area contributed by atoms with Crippen molar-refractivity contribution < 1.29 is 16.8 Å². The van der Waals surface area contributed by atoms with Gasteiger partial charge in [0.25, 0.3) is 20.0 Å². The van der Waals surface area contributed by atoms with Crippen molar-refractivity contribution in [2.45, 2.75) is 9.79 Å². The Morgan fingerprint density at radius 2 is 1.09 bits per heavy atom. The standard InChI is InChI=1S/C22H15BrCl2N2O4S2/c23-20-13-21(26-32(28,29)16-9-5-14(24)6-10-16)18-3-1-2-4-19(18)22(20)27-33(30,31)17-11-7-15(25)8-12-17/h1-13,26-27H. The highest BCUT2D eigenvalue weighted by atomic mass is 79.9. The monoisotopic (exact) mass is 584 g/mol.